The van der Waals surface area contributed by atoms with Gasteiger partial charge in [-0.1, -0.05) is 5.16 Å². The highest BCUT2D eigenvalue weighted by Crippen LogP contribution is 2.05. The highest BCUT2D eigenvalue weighted by Gasteiger charge is 1.85. The summed E-state index contributed by atoms with van der Waals surface area (Å²) in [6, 6.07) is 0. The van der Waals surface area contributed by atoms with E-state index >= 15 is 0 Å². The zero-order chi connectivity index (χ0) is 5.82. The van der Waals surface area contributed by atoms with E-state index in [2.05, 4.69) is 32.1 Å². The van der Waals surface area contributed by atoms with Gasteiger partial charge in [-0.2, -0.15) is 4.99 Å². The first-order valence-corrected chi connectivity index (χ1v) is 2.31. The van der Waals surface area contributed by atoms with Gasteiger partial charge in [-0.25, -0.2) is 0 Å². The Hall–Kier alpha value is -0.990. The molecule has 1 aromatic heterocycles. The first kappa shape index (κ1) is 5.15. The summed E-state index contributed by atoms with van der Waals surface area (Å²) < 4.78 is 4.44. The Labute approximate surface area is 51.0 Å². The highest BCUT2D eigenvalue weighted by atomic mass is 32.1. The predicted octanol–water partition coefficient (Wildman–Crippen LogP) is 1.41. The van der Waals surface area contributed by atoms with Crippen LogP contribution in [0.25, 0.3) is 0 Å². The number of aromatic nitrogens is 1. The summed E-state index contributed by atoms with van der Waals surface area (Å²) in [5, 5.41) is 5.56. The van der Waals surface area contributed by atoms with Crippen molar-refractivity contribution in [3.8, 4) is 0 Å². The number of hydrogen-bond donors (Lipinski definition) is 0. The Bertz CT molecular complexity index is 200. The van der Waals surface area contributed by atoms with Gasteiger partial charge in [0.05, 0.1) is 11.4 Å². The second kappa shape index (κ2) is 2.35. The van der Waals surface area contributed by atoms with Gasteiger partial charge >= 0.3 is 0 Å². The lowest BCUT2D eigenvalue weighted by atomic mass is 10.6. The molecule has 1 aromatic rings. The topological polar surface area (TPSA) is 38.4 Å². The van der Waals surface area contributed by atoms with Crippen molar-refractivity contribution in [2.24, 2.45) is 4.99 Å². The van der Waals surface area contributed by atoms with Crippen LogP contribution in [0.1, 0.15) is 0 Å². The molecule has 40 valence electrons. The largest absolute Gasteiger partial charge is 0.362 e. The summed E-state index contributed by atoms with van der Waals surface area (Å²) in [7, 11) is 0. The molecular weight excluding hydrogens is 124 g/mol. The third-order valence-electron chi connectivity index (χ3n) is 0.594. The first-order valence-electron chi connectivity index (χ1n) is 1.91. The SMILES string of the molecule is S=C=Nc1cnoc1. The van der Waals surface area contributed by atoms with Crippen LogP contribution in [0.3, 0.4) is 0 Å². The molecule has 1 heterocycles. The molecule has 8 heavy (non-hydrogen) atoms. The van der Waals surface area contributed by atoms with E-state index in [1.165, 1.54) is 12.5 Å². The van der Waals surface area contributed by atoms with Crippen molar-refractivity contribution in [3.63, 3.8) is 0 Å². The number of isothiocyanates is 1. The molecule has 0 aliphatic rings. The Balaban J connectivity index is 2.93. The average molecular weight is 126 g/mol. The van der Waals surface area contributed by atoms with Gasteiger partial charge in [0.1, 0.15) is 12.0 Å². The first-order chi connectivity index (χ1) is 3.93. The summed E-state index contributed by atoms with van der Waals surface area (Å²) in [5.74, 6) is 0. The van der Waals surface area contributed by atoms with Crippen LogP contribution in [0.5, 0.6) is 0 Å². The minimum atomic E-state index is 0.597. The molecule has 0 aliphatic heterocycles. The van der Waals surface area contributed by atoms with E-state index < -0.39 is 0 Å². The molecule has 4 heteroatoms. The molecule has 0 atom stereocenters. The van der Waals surface area contributed by atoms with Crippen LogP contribution in [0, 0.1) is 0 Å². The second-order valence-corrected chi connectivity index (χ2v) is 1.27. The lowest BCUT2D eigenvalue weighted by Gasteiger charge is -1.66. The minimum absolute atomic E-state index is 0.597. The van der Waals surface area contributed by atoms with Crippen molar-refractivity contribution < 1.29 is 4.52 Å². The number of thiocarbonyl (C=S) groups is 1. The van der Waals surface area contributed by atoms with E-state index in [9.17, 15) is 0 Å². The standard InChI is InChI=1S/C4H2N2OS/c8-3-5-4-1-6-7-2-4/h1-2H. The molecule has 0 saturated carbocycles. The molecule has 0 spiro atoms. The van der Waals surface area contributed by atoms with Crippen LogP contribution < -0.4 is 0 Å². The van der Waals surface area contributed by atoms with Crippen LogP contribution in [0.15, 0.2) is 22.0 Å². The molecule has 0 fully saturated rings. The van der Waals surface area contributed by atoms with Gasteiger partial charge in [-0.3, -0.25) is 0 Å². The quantitative estimate of drug-likeness (QED) is 0.421. The van der Waals surface area contributed by atoms with Gasteiger partial charge in [0, 0.05) is 0 Å². The zero-order valence-corrected chi connectivity index (χ0v) is 4.68. The maximum absolute atomic E-state index is 4.44. The third-order valence-corrected chi connectivity index (χ3v) is 0.685. The molecule has 0 aromatic carbocycles. The molecule has 0 saturated heterocycles. The molecule has 1 rings (SSSR count). The molecule has 0 amide bonds. The molecule has 0 N–H and O–H groups in total. The smallest absolute Gasteiger partial charge is 0.150 e. The van der Waals surface area contributed by atoms with Crippen molar-refractivity contribution in [1.82, 2.24) is 5.16 Å². The van der Waals surface area contributed by atoms with Gasteiger partial charge in [0.2, 0.25) is 0 Å². The fraction of sp³-hybridized carbons (Fsp3) is 0. The minimum Gasteiger partial charge on any atom is -0.362 e. The third kappa shape index (κ3) is 0.992. The summed E-state index contributed by atoms with van der Waals surface area (Å²) in [6.07, 6.45) is 2.85. The number of nitrogens with zero attached hydrogens (tertiary/aromatic N) is 2. The van der Waals surface area contributed by atoms with Gasteiger partial charge in [-0.15, -0.1) is 0 Å². The summed E-state index contributed by atoms with van der Waals surface area (Å²) in [5.41, 5.74) is 0.597. The zero-order valence-electron chi connectivity index (χ0n) is 3.87. The van der Waals surface area contributed by atoms with E-state index in [0.717, 1.165) is 0 Å². The number of rotatable bonds is 1. The highest BCUT2D eigenvalue weighted by molar-refractivity contribution is 7.78. The van der Waals surface area contributed by atoms with E-state index in [0.29, 0.717) is 5.69 Å². The van der Waals surface area contributed by atoms with Crippen molar-refractivity contribution in [2.75, 3.05) is 0 Å². The molecule has 0 radical (unpaired) electrons. The summed E-state index contributed by atoms with van der Waals surface area (Å²) >= 11 is 4.31. The number of hydrogen-bond acceptors (Lipinski definition) is 4. The van der Waals surface area contributed by atoms with Crippen LogP contribution in [-0.2, 0) is 0 Å². The van der Waals surface area contributed by atoms with Crippen LogP contribution >= 0.6 is 12.2 Å². The van der Waals surface area contributed by atoms with Crippen molar-refractivity contribution in [3.05, 3.63) is 12.5 Å². The van der Waals surface area contributed by atoms with Crippen molar-refractivity contribution >= 4 is 23.1 Å². The van der Waals surface area contributed by atoms with Gasteiger partial charge in [0.15, 0.2) is 0 Å². The Morgan fingerprint density at radius 3 is 3.25 bits per heavy atom. The molecule has 3 nitrogen and oxygen atoms in total. The van der Waals surface area contributed by atoms with Gasteiger partial charge in [-0.05, 0) is 12.2 Å². The fourth-order valence-corrected chi connectivity index (χ4v) is 0.413. The molecule has 0 bridgehead atoms. The van der Waals surface area contributed by atoms with Crippen LogP contribution in [-0.4, -0.2) is 10.3 Å². The van der Waals surface area contributed by atoms with Crippen LogP contribution in [0.4, 0.5) is 5.69 Å². The lowest BCUT2D eigenvalue weighted by molar-refractivity contribution is 0.420. The number of aliphatic imine (C=N–C) groups is 1. The van der Waals surface area contributed by atoms with E-state index in [1.807, 2.05) is 0 Å². The Morgan fingerprint density at radius 2 is 2.75 bits per heavy atom. The predicted molar refractivity (Wildman–Crippen MR) is 31.2 cm³/mol. The molecule has 0 unspecified atom stereocenters. The normalized spacial score (nSPS) is 8.00. The van der Waals surface area contributed by atoms with Crippen LogP contribution in [0.2, 0.25) is 0 Å². The summed E-state index contributed by atoms with van der Waals surface area (Å²) in [4.78, 5) is 3.58. The Morgan fingerprint density at radius 1 is 1.88 bits per heavy atom. The van der Waals surface area contributed by atoms with Crippen molar-refractivity contribution in [1.29, 1.82) is 0 Å². The van der Waals surface area contributed by atoms with E-state index in [-0.39, 0.29) is 0 Å². The average Bonchev–Trinajstić information content (AvgIpc) is 2.19. The van der Waals surface area contributed by atoms with Gasteiger partial charge in [0.25, 0.3) is 0 Å². The lowest BCUT2D eigenvalue weighted by Crippen LogP contribution is -1.47. The maximum atomic E-state index is 4.44. The van der Waals surface area contributed by atoms with Gasteiger partial charge < -0.3 is 4.52 Å². The fourth-order valence-electron chi connectivity index (χ4n) is 0.307. The monoisotopic (exact) mass is 126 g/mol. The maximum Gasteiger partial charge on any atom is 0.150 e. The molecule has 0 aliphatic carbocycles. The summed E-state index contributed by atoms with van der Waals surface area (Å²) in [6.45, 7) is 0. The van der Waals surface area contributed by atoms with E-state index in [1.54, 1.807) is 0 Å². The Kier molecular flexibility index (Phi) is 1.51. The van der Waals surface area contributed by atoms with Crippen molar-refractivity contribution in [2.45, 2.75) is 0 Å². The molecular formula is C4H2N2OS. The van der Waals surface area contributed by atoms with E-state index in [4.69, 9.17) is 0 Å². The second-order valence-electron chi connectivity index (χ2n) is 1.09.